The maximum atomic E-state index is 10.6. The van der Waals surface area contributed by atoms with E-state index in [1.165, 1.54) is 0 Å². The lowest BCUT2D eigenvalue weighted by molar-refractivity contribution is -0.123. The summed E-state index contributed by atoms with van der Waals surface area (Å²) in [6, 6.07) is 0. The zero-order valence-electron chi connectivity index (χ0n) is 5.01. The maximum Gasteiger partial charge on any atom is 0.249 e. The molecule has 1 amide bonds. The molecule has 0 saturated heterocycles. The van der Waals surface area contributed by atoms with Crippen LogP contribution >= 0.6 is 0 Å². The van der Waals surface area contributed by atoms with Gasteiger partial charge in [0.1, 0.15) is 12.4 Å². The van der Waals surface area contributed by atoms with Crippen molar-refractivity contribution in [3.63, 3.8) is 0 Å². The van der Waals surface area contributed by atoms with Gasteiger partial charge in [-0.25, -0.2) is 0 Å². The molecule has 0 bridgehead atoms. The third kappa shape index (κ3) is 0.598. The van der Waals surface area contributed by atoms with E-state index in [0.717, 1.165) is 5.84 Å². The number of carbonyl (C=O) groups is 1. The Hall–Kier alpha value is -0.860. The van der Waals surface area contributed by atoms with Crippen LogP contribution in [0.1, 0.15) is 6.92 Å². The zero-order chi connectivity index (χ0) is 6.15. The molecule has 0 aromatic heterocycles. The average molecular weight is 112 g/mol. The third-order valence-corrected chi connectivity index (χ3v) is 1.30. The highest BCUT2D eigenvalue weighted by Crippen LogP contribution is 1.97. The van der Waals surface area contributed by atoms with Gasteiger partial charge in [-0.2, -0.15) is 0 Å². The first-order chi connectivity index (χ1) is 3.72. The van der Waals surface area contributed by atoms with Crippen molar-refractivity contribution < 1.29 is 4.79 Å². The smallest absolute Gasteiger partial charge is 0.249 e. The second-order valence-electron chi connectivity index (χ2n) is 1.82. The molecular weight excluding hydrogens is 104 g/mol. The predicted molar refractivity (Wildman–Crippen MR) is 30.7 cm³/mol. The van der Waals surface area contributed by atoms with E-state index in [1.54, 1.807) is 11.9 Å². The SMILES string of the molecule is CC1=NCC(=O)N1C. The minimum atomic E-state index is 0.0856. The van der Waals surface area contributed by atoms with Crippen LogP contribution in [0.25, 0.3) is 0 Å². The molecule has 3 heteroatoms. The topological polar surface area (TPSA) is 32.7 Å². The monoisotopic (exact) mass is 112 g/mol. The Bertz CT molecular complexity index is 151. The number of likely N-dealkylation sites (N-methyl/N-ethyl adjacent to an activating group) is 1. The number of nitrogens with zero attached hydrogens (tertiary/aromatic N) is 2. The summed E-state index contributed by atoms with van der Waals surface area (Å²) >= 11 is 0. The van der Waals surface area contributed by atoms with Crippen LogP contribution in [0, 0.1) is 0 Å². The summed E-state index contributed by atoms with van der Waals surface area (Å²) in [4.78, 5) is 16.0. The Morgan fingerprint density at radius 1 is 1.75 bits per heavy atom. The van der Waals surface area contributed by atoms with Crippen molar-refractivity contribution in [2.24, 2.45) is 4.99 Å². The minimum Gasteiger partial charge on any atom is -0.302 e. The van der Waals surface area contributed by atoms with Gasteiger partial charge >= 0.3 is 0 Å². The molecule has 8 heavy (non-hydrogen) atoms. The Morgan fingerprint density at radius 3 is 2.50 bits per heavy atom. The van der Waals surface area contributed by atoms with Crippen LogP contribution in [0.5, 0.6) is 0 Å². The highest BCUT2D eigenvalue weighted by atomic mass is 16.2. The zero-order valence-corrected chi connectivity index (χ0v) is 5.01. The normalized spacial score (nSPS) is 19.5. The summed E-state index contributed by atoms with van der Waals surface area (Å²) in [6.07, 6.45) is 0. The number of hydrogen-bond donors (Lipinski definition) is 0. The minimum absolute atomic E-state index is 0.0856. The van der Waals surface area contributed by atoms with E-state index in [0.29, 0.717) is 6.54 Å². The van der Waals surface area contributed by atoms with Crippen molar-refractivity contribution in [2.45, 2.75) is 6.92 Å². The molecule has 1 rings (SSSR count). The molecule has 1 aliphatic heterocycles. The first-order valence-electron chi connectivity index (χ1n) is 2.49. The molecule has 0 fully saturated rings. The molecule has 0 aliphatic carbocycles. The van der Waals surface area contributed by atoms with E-state index >= 15 is 0 Å². The van der Waals surface area contributed by atoms with Crippen LogP contribution in [-0.4, -0.2) is 30.2 Å². The van der Waals surface area contributed by atoms with Gasteiger partial charge in [0.25, 0.3) is 0 Å². The quantitative estimate of drug-likeness (QED) is 0.430. The number of amidine groups is 1. The maximum absolute atomic E-state index is 10.6. The number of hydrogen-bond acceptors (Lipinski definition) is 2. The lowest BCUT2D eigenvalue weighted by atomic mass is 10.6. The van der Waals surface area contributed by atoms with E-state index < -0.39 is 0 Å². The lowest BCUT2D eigenvalue weighted by Gasteiger charge is -2.05. The largest absolute Gasteiger partial charge is 0.302 e. The van der Waals surface area contributed by atoms with Crippen molar-refractivity contribution in [3.8, 4) is 0 Å². The van der Waals surface area contributed by atoms with Crippen molar-refractivity contribution in [2.75, 3.05) is 13.6 Å². The van der Waals surface area contributed by atoms with E-state index in [2.05, 4.69) is 4.99 Å². The second-order valence-corrected chi connectivity index (χ2v) is 1.82. The van der Waals surface area contributed by atoms with Gasteiger partial charge in [-0.15, -0.1) is 0 Å². The van der Waals surface area contributed by atoms with Gasteiger partial charge in [0.15, 0.2) is 0 Å². The van der Waals surface area contributed by atoms with Gasteiger partial charge in [0, 0.05) is 7.05 Å². The van der Waals surface area contributed by atoms with E-state index in [9.17, 15) is 4.79 Å². The van der Waals surface area contributed by atoms with Crippen LogP contribution in [-0.2, 0) is 4.79 Å². The van der Waals surface area contributed by atoms with Crippen LogP contribution in [0.15, 0.2) is 4.99 Å². The summed E-state index contributed by atoms with van der Waals surface area (Å²) < 4.78 is 0. The molecule has 3 nitrogen and oxygen atoms in total. The van der Waals surface area contributed by atoms with Crippen molar-refractivity contribution in [3.05, 3.63) is 0 Å². The van der Waals surface area contributed by atoms with Crippen LogP contribution in [0.4, 0.5) is 0 Å². The lowest BCUT2D eigenvalue weighted by Crippen LogP contribution is -2.25. The van der Waals surface area contributed by atoms with Crippen molar-refractivity contribution >= 4 is 11.7 Å². The molecule has 0 aromatic rings. The van der Waals surface area contributed by atoms with E-state index in [1.807, 2.05) is 6.92 Å². The fourth-order valence-electron chi connectivity index (χ4n) is 0.575. The molecule has 0 saturated carbocycles. The van der Waals surface area contributed by atoms with Gasteiger partial charge in [-0.1, -0.05) is 0 Å². The first kappa shape index (κ1) is 5.28. The van der Waals surface area contributed by atoms with Gasteiger partial charge in [-0.05, 0) is 6.92 Å². The summed E-state index contributed by atoms with van der Waals surface area (Å²) in [5, 5.41) is 0. The van der Waals surface area contributed by atoms with Crippen LogP contribution in [0.2, 0.25) is 0 Å². The highest BCUT2D eigenvalue weighted by molar-refractivity contribution is 6.02. The Kier molecular flexibility index (Phi) is 1.04. The molecule has 0 unspecified atom stereocenters. The number of rotatable bonds is 0. The molecule has 0 aromatic carbocycles. The Labute approximate surface area is 48.0 Å². The van der Waals surface area contributed by atoms with Crippen LogP contribution in [0.3, 0.4) is 0 Å². The average Bonchev–Trinajstić information content (AvgIpc) is 1.98. The first-order valence-corrected chi connectivity index (χ1v) is 2.49. The second kappa shape index (κ2) is 1.58. The van der Waals surface area contributed by atoms with Crippen LogP contribution < -0.4 is 0 Å². The Morgan fingerprint density at radius 2 is 2.38 bits per heavy atom. The van der Waals surface area contributed by atoms with Gasteiger partial charge in [-0.3, -0.25) is 9.79 Å². The summed E-state index contributed by atoms with van der Waals surface area (Å²) in [5.74, 6) is 0.900. The van der Waals surface area contributed by atoms with Crippen molar-refractivity contribution in [1.29, 1.82) is 0 Å². The fraction of sp³-hybridized carbons (Fsp3) is 0.600. The number of amides is 1. The molecule has 1 heterocycles. The molecule has 0 radical (unpaired) electrons. The molecular formula is C5H8N2O. The molecule has 44 valence electrons. The van der Waals surface area contributed by atoms with E-state index in [4.69, 9.17) is 0 Å². The van der Waals surface area contributed by atoms with Crippen molar-refractivity contribution in [1.82, 2.24) is 4.90 Å². The summed E-state index contributed by atoms with van der Waals surface area (Å²) in [5.41, 5.74) is 0. The molecule has 0 N–H and O–H groups in total. The van der Waals surface area contributed by atoms with Gasteiger partial charge in [0.05, 0.1) is 0 Å². The number of carbonyl (C=O) groups excluding carboxylic acids is 1. The molecule has 0 spiro atoms. The predicted octanol–water partition coefficient (Wildman–Crippen LogP) is -0.123. The van der Waals surface area contributed by atoms with Gasteiger partial charge < -0.3 is 4.90 Å². The Balaban J connectivity index is 2.72. The standard InChI is InChI=1S/C5H8N2O/c1-4-6-3-5(8)7(4)2/h3H2,1-2H3. The molecule has 0 atom stereocenters. The highest BCUT2D eigenvalue weighted by Gasteiger charge is 2.15. The third-order valence-electron chi connectivity index (χ3n) is 1.30. The fourth-order valence-corrected chi connectivity index (χ4v) is 0.575. The van der Waals surface area contributed by atoms with E-state index in [-0.39, 0.29) is 5.91 Å². The summed E-state index contributed by atoms with van der Waals surface area (Å²) in [6.45, 7) is 2.16. The van der Waals surface area contributed by atoms with Gasteiger partial charge in [0.2, 0.25) is 5.91 Å². The number of aliphatic imine (C=N–C) groups is 1. The summed E-state index contributed by atoms with van der Waals surface area (Å²) in [7, 11) is 1.73. The molecule has 1 aliphatic rings.